The van der Waals surface area contributed by atoms with Crippen molar-refractivity contribution < 1.29 is 8.42 Å². The van der Waals surface area contributed by atoms with Crippen LogP contribution in [-0.2, 0) is 9.84 Å². The lowest BCUT2D eigenvalue weighted by Gasteiger charge is -2.15. The summed E-state index contributed by atoms with van der Waals surface area (Å²) in [7, 11) is -0.931. The van der Waals surface area contributed by atoms with E-state index in [1.807, 2.05) is 18.5 Å². The number of hydrogen-bond donors (Lipinski definition) is 1. The topological polar surface area (TPSA) is 46.2 Å². The van der Waals surface area contributed by atoms with E-state index in [9.17, 15) is 8.42 Å². The fourth-order valence-electron chi connectivity index (χ4n) is 1.61. The molecule has 3 nitrogen and oxygen atoms in total. The van der Waals surface area contributed by atoms with Gasteiger partial charge in [-0.2, -0.15) is 0 Å². The van der Waals surface area contributed by atoms with E-state index >= 15 is 0 Å². The van der Waals surface area contributed by atoms with Gasteiger partial charge in [-0.05, 0) is 47.3 Å². The van der Waals surface area contributed by atoms with E-state index in [2.05, 4.69) is 21.2 Å². The summed E-state index contributed by atoms with van der Waals surface area (Å²) in [6, 6.07) is 2.25. The van der Waals surface area contributed by atoms with Crippen molar-refractivity contribution in [1.82, 2.24) is 5.32 Å². The average Bonchev–Trinajstić information content (AvgIpc) is 2.71. The van der Waals surface area contributed by atoms with Crippen molar-refractivity contribution in [3.63, 3.8) is 0 Å². The maximum Gasteiger partial charge on any atom is 0.150 e. The Bertz CT molecular complexity index is 442. The maximum atomic E-state index is 11.4. The van der Waals surface area contributed by atoms with Gasteiger partial charge < -0.3 is 5.32 Å². The molecule has 0 radical (unpaired) electrons. The van der Waals surface area contributed by atoms with Crippen molar-refractivity contribution in [3.8, 4) is 0 Å². The molecule has 1 heterocycles. The van der Waals surface area contributed by atoms with Crippen LogP contribution in [-0.4, -0.2) is 27.0 Å². The van der Waals surface area contributed by atoms with Crippen molar-refractivity contribution in [3.05, 3.63) is 20.8 Å². The van der Waals surface area contributed by atoms with E-state index < -0.39 is 9.84 Å². The predicted molar refractivity (Wildman–Crippen MR) is 77.4 cm³/mol. The molecule has 0 aliphatic carbocycles. The van der Waals surface area contributed by atoms with Crippen LogP contribution < -0.4 is 5.32 Å². The maximum absolute atomic E-state index is 11.4. The third-order valence-electron chi connectivity index (χ3n) is 2.70. The first kappa shape index (κ1) is 15.1. The first-order valence-electron chi connectivity index (χ1n) is 5.60. The van der Waals surface area contributed by atoms with Crippen LogP contribution in [0.5, 0.6) is 0 Å². The van der Waals surface area contributed by atoms with Crippen LogP contribution in [0, 0.1) is 0 Å². The molecule has 0 saturated carbocycles. The minimum atomic E-state index is -2.84. The second-order valence-corrected chi connectivity index (χ2v) is 8.13. The number of nitrogens with one attached hydrogen (secondary N) is 1. The van der Waals surface area contributed by atoms with Gasteiger partial charge in [0.25, 0.3) is 0 Å². The Balaban J connectivity index is 2.52. The Labute approximate surface area is 116 Å². The van der Waals surface area contributed by atoms with E-state index in [1.54, 1.807) is 18.3 Å². The molecular formula is C11H18BrNO2S2. The molecular weight excluding hydrogens is 322 g/mol. The molecule has 1 rings (SSSR count). The molecule has 1 N–H and O–H groups in total. The Morgan fingerprint density at radius 1 is 1.53 bits per heavy atom. The molecule has 0 aromatic carbocycles. The van der Waals surface area contributed by atoms with Crippen LogP contribution in [0.4, 0.5) is 0 Å². The Morgan fingerprint density at radius 3 is 2.71 bits per heavy atom. The first-order chi connectivity index (χ1) is 8.00. The lowest BCUT2D eigenvalue weighted by atomic mass is 10.1. The highest BCUT2D eigenvalue weighted by molar-refractivity contribution is 9.10. The summed E-state index contributed by atoms with van der Waals surface area (Å²) in [5, 5.41) is 5.27. The van der Waals surface area contributed by atoms with Crippen LogP contribution >= 0.6 is 27.3 Å². The number of halogens is 1. The molecule has 0 saturated heterocycles. The normalized spacial score (nSPS) is 13.8. The van der Waals surface area contributed by atoms with Gasteiger partial charge in [0.05, 0.1) is 5.75 Å². The number of rotatable bonds is 7. The summed E-state index contributed by atoms with van der Waals surface area (Å²) in [4.78, 5) is 1.24. The molecule has 6 heteroatoms. The molecule has 0 aliphatic rings. The highest BCUT2D eigenvalue weighted by Crippen LogP contribution is 2.31. The van der Waals surface area contributed by atoms with Crippen molar-refractivity contribution in [2.45, 2.75) is 25.8 Å². The molecule has 1 aromatic rings. The van der Waals surface area contributed by atoms with Gasteiger partial charge in [-0.25, -0.2) is 8.42 Å². The molecule has 0 amide bonds. The third-order valence-corrected chi connectivity index (χ3v) is 6.47. The van der Waals surface area contributed by atoms with Gasteiger partial charge in [0.1, 0.15) is 9.84 Å². The van der Waals surface area contributed by atoms with E-state index in [0.29, 0.717) is 6.42 Å². The quantitative estimate of drug-likeness (QED) is 0.830. The Kier molecular flexibility index (Phi) is 6.12. The lowest BCUT2D eigenvalue weighted by Crippen LogP contribution is -2.17. The third kappa shape index (κ3) is 4.69. The van der Waals surface area contributed by atoms with Gasteiger partial charge in [0.15, 0.2) is 0 Å². The van der Waals surface area contributed by atoms with E-state index in [4.69, 9.17) is 0 Å². The summed E-state index contributed by atoms with van der Waals surface area (Å²) in [5.74, 6) is 0.518. The fraction of sp³-hybridized carbons (Fsp3) is 0.636. The van der Waals surface area contributed by atoms with Crippen molar-refractivity contribution in [2.75, 3.05) is 18.6 Å². The van der Waals surface area contributed by atoms with Gasteiger partial charge in [-0.15, -0.1) is 11.3 Å². The van der Waals surface area contributed by atoms with Gasteiger partial charge in [0, 0.05) is 21.1 Å². The van der Waals surface area contributed by atoms with Crippen LogP contribution in [0.2, 0.25) is 0 Å². The average molecular weight is 340 g/mol. The molecule has 0 fully saturated rings. The molecule has 17 heavy (non-hydrogen) atoms. The van der Waals surface area contributed by atoms with E-state index in [1.165, 1.54) is 4.88 Å². The zero-order chi connectivity index (χ0) is 12.9. The Hall–Kier alpha value is 0.0900. The first-order valence-corrected chi connectivity index (χ1v) is 9.10. The molecule has 1 atom stereocenters. The molecule has 1 aromatic heterocycles. The summed E-state index contributed by atoms with van der Waals surface area (Å²) in [6.45, 7) is 1.70. The monoisotopic (exact) mass is 339 g/mol. The van der Waals surface area contributed by atoms with Crippen molar-refractivity contribution >= 4 is 37.1 Å². The minimum Gasteiger partial charge on any atom is -0.312 e. The van der Waals surface area contributed by atoms with Crippen molar-refractivity contribution in [2.24, 2.45) is 0 Å². The standard InChI is InChI=1S/C11H18BrNO2S2/c1-3-17(14,15)8-4-5-10(13-2)11-9(12)6-7-16-11/h6-7,10,13H,3-5,8H2,1-2H3. The highest BCUT2D eigenvalue weighted by atomic mass is 79.9. The molecule has 0 aliphatic heterocycles. The largest absolute Gasteiger partial charge is 0.312 e. The van der Waals surface area contributed by atoms with Gasteiger partial charge in [-0.3, -0.25) is 0 Å². The summed E-state index contributed by atoms with van der Waals surface area (Å²) in [6.07, 6.45) is 1.54. The van der Waals surface area contributed by atoms with Crippen molar-refractivity contribution in [1.29, 1.82) is 0 Å². The summed E-state index contributed by atoms with van der Waals surface area (Å²) < 4.78 is 23.9. The minimum absolute atomic E-state index is 0.233. The van der Waals surface area contributed by atoms with Crippen LogP contribution in [0.15, 0.2) is 15.9 Å². The molecule has 0 bridgehead atoms. The predicted octanol–water partition coefficient (Wildman–Crippen LogP) is 2.99. The highest BCUT2D eigenvalue weighted by Gasteiger charge is 2.15. The SMILES string of the molecule is CCS(=O)(=O)CCCC(NC)c1sccc1Br. The summed E-state index contributed by atoms with van der Waals surface area (Å²) >= 11 is 5.19. The molecule has 98 valence electrons. The number of hydrogen-bond acceptors (Lipinski definition) is 4. The second-order valence-electron chi connectivity index (χ2n) is 3.85. The summed E-state index contributed by atoms with van der Waals surface area (Å²) in [5.41, 5.74) is 0. The molecule has 0 spiro atoms. The lowest BCUT2D eigenvalue weighted by molar-refractivity contribution is 0.541. The number of sulfone groups is 1. The molecule has 1 unspecified atom stereocenters. The van der Waals surface area contributed by atoms with Crippen LogP contribution in [0.1, 0.15) is 30.7 Å². The van der Waals surface area contributed by atoms with Gasteiger partial charge >= 0.3 is 0 Å². The zero-order valence-corrected chi connectivity index (χ0v) is 13.3. The smallest absolute Gasteiger partial charge is 0.150 e. The number of thiophene rings is 1. The van der Waals surface area contributed by atoms with Crippen LogP contribution in [0.25, 0.3) is 0 Å². The van der Waals surface area contributed by atoms with Crippen LogP contribution in [0.3, 0.4) is 0 Å². The van der Waals surface area contributed by atoms with E-state index in [-0.39, 0.29) is 17.5 Å². The van der Waals surface area contributed by atoms with E-state index in [0.717, 1.165) is 10.9 Å². The van der Waals surface area contributed by atoms with Gasteiger partial charge in [0.2, 0.25) is 0 Å². The zero-order valence-electron chi connectivity index (χ0n) is 10.1. The Morgan fingerprint density at radius 2 is 2.24 bits per heavy atom. The van der Waals surface area contributed by atoms with Gasteiger partial charge in [-0.1, -0.05) is 6.92 Å². The second kappa shape index (κ2) is 6.87. The fourth-order valence-corrected chi connectivity index (χ4v) is 4.30.